The van der Waals surface area contributed by atoms with E-state index < -0.39 is 6.10 Å². The summed E-state index contributed by atoms with van der Waals surface area (Å²) in [6.45, 7) is 0.928. The van der Waals surface area contributed by atoms with Crippen molar-refractivity contribution in [3.63, 3.8) is 0 Å². The van der Waals surface area contributed by atoms with Crippen molar-refractivity contribution >= 4 is 5.91 Å². The monoisotopic (exact) mass is 279 g/mol. The Morgan fingerprint density at radius 1 is 1.50 bits per heavy atom. The molecule has 1 atom stereocenters. The molecule has 1 aromatic carbocycles. The lowest BCUT2D eigenvalue weighted by Gasteiger charge is -2.21. The zero-order valence-corrected chi connectivity index (χ0v) is 11.7. The molecule has 0 saturated carbocycles. The van der Waals surface area contributed by atoms with Crippen LogP contribution in [0, 0.1) is 0 Å². The number of rotatable bonds is 6. The summed E-state index contributed by atoms with van der Waals surface area (Å²) in [5.74, 6) is 0.437. The second-order valence-electron chi connectivity index (χ2n) is 4.90. The summed E-state index contributed by atoms with van der Waals surface area (Å²) in [5.41, 5.74) is 2.09. The molecule has 2 rings (SSSR count). The average Bonchev–Trinajstić information content (AvgIpc) is 2.46. The number of ether oxygens (including phenoxy) is 2. The molecule has 0 radical (unpaired) electrons. The molecular weight excluding hydrogens is 258 g/mol. The van der Waals surface area contributed by atoms with E-state index in [1.165, 1.54) is 5.56 Å². The molecule has 0 fully saturated rings. The first-order chi connectivity index (χ1) is 9.70. The number of fused-ring (bicyclic) bond motifs is 1. The van der Waals surface area contributed by atoms with E-state index >= 15 is 0 Å². The Kier molecular flexibility index (Phi) is 5.38. The standard InChI is InChI=1S/C15H21NO4/c1-19-8-7-16-15(18)10-20-12-6-5-11-3-2-4-14(17)13(11)9-12/h5-6,9,14,17H,2-4,7-8,10H2,1H3,(H,16,18). The Hall–Kier alpha value is -1.59. The van der Waals surface area contributed by atoms with Gasteiger partial charge in [0.2, 0.25) is 0 Å². The molecule has 1 aliphatic carbocycles. The van der Waals surface area contributed by atoms with Gasteiger partial charge in [-0.15, -0.1) is 0 Å². The van der Waals surface area contributed by atoms with Crippen molar-refractivity contribution in [1.29, 1.82) is 0 Å². The average molecular weight is 279 g/mol. The molecule has 1 amide bonds. The largest absolute Gasteiger partial charge is 0.484 e. The van der Waals surface area contributed by atoms with Crippen molar-refractivity contribution in [2.24, 2.45) is 0 Å². The summed E-state index contributed by atoms with van der Waals surface area (Å²) in [6.07, 6.45) is 2.37. The Labute approximate surface area is 118 Å². The van der Waals surface area contributed by atoms with Gasteiger partial charge in [0.1, 0.15) is 5.75 Å². The van der Waals surface area contributed by atoms with Crippen molar-refractivity contribution in [2.45, 2.75) is 25.4 Å². The van der Waals surface area contributed by atoms with Crippen LogP contribution in [0.4, 0.5) is 0 Å². The summed E-state index contributed by atoms with van der Waals surface area (Å²) in [4.78, 5) is 11.5. The third kappa shape index (κ3) is 3.95. The Morgan fingerprint density at radius 2 is 2.35 bits per heavy atom. The van der Waals surface area contributed by atoms with E-state index in [9.17, 15) is 9.90 Å². The van der Waals surface area contributed by atoms with Crippen molar-refractivity contribution in [1.82, 2.24) is 5.32 Å². The van der Waals surface area contributed by atoms with Gasteiger partial charge in [-0.25, -0.2) is 0 Å². The van der Waals surface area contributed by atoms with Crippen LogP contribution in [0.25, 0.3) is 0 Å². The fourth-order valence-electron chi connectivity index (χ4n) is 2.33. The smallest absolute Gasteiger partial charge is 0.258 e. The highest BCUT2D eigenvalue weighted by molar-refractivity contribution is 5.77. The minimum absolute atomic E-state index is 0.0292. The van der Waals surface area contributed by atoms with Gasteiger partial charge in [-0.2, -0.15) is 0 Å². The maximum atomic E-state index is 11.5. The third-order valence-electron chi connectivity index (χ3n) is 3.40. The molecule has 0 bridgehead atoms. The molecule has 1 unspecified atom stereocenters. The zero-order valence-electron chi connectivity index (χ0n) is 11.7. The van der Waals surface area contributed by atoms with Crippen LogP contribution >= 0.6 is 0 Å². The number of hydrogen-bond donors (Lipinski definition) is 2. The predicted octanol–water partition coefficient (Wildman–Crippen LogP) is 1.20. The predicted molar refractivity (Wildman–Crippen MR) is 74.7 cm³/mol. The van der Waals surface area contributed by atoms with Gasteiger partial charge in [0.15, 0.2) is 6.61 Å². The highest BCUT2D eigenvalue weighted by Crippen LogP contribution is 2.32. The van der Waals surface area contributed by atoms with Gasteiger partial charge in [0.05, 0.1) is 12.7 Å². The quantitative estimate of drug-likeness (QED) is 0.768. The fourth-order valence-corrected chi connectivity index (χ4v) is 2.33. The van der Waals surface area contributed by atoms with E-state index in [-0.39, 0.29) is 12.5 Å². The fraction of sp³-hybridized carbons (Fsp3) is 0.533. The normalized spacial score (nSPS) is 17.4. The lowest BCUT2D eigenvalue weighted by Crippen LogP contribution is -2.31. The van der Waals surface area contributed by atoms with Gasteiger partial charge in [-0.3, -0.25) is 4.79 Å². The maximum absolute atomic E-state index is 11.5. The summed E-state index contributed by atoms with van der Waals surface area (Å²) >= 11 is 0. The van der Waals surface area contributed by atoms with Crippen LogP contribution in [0.15, 0.2) is 18.2 Å². The molecule has 20 heavy (non-hydrogen) atoms. The van der Waals surface area contributed by atoms with E-state index in [0.29, 0.717) is 18.9 Å². The van der Waals surface area contributed by atoms with Crippen LogP contribution in [0.5, 0.6) is 5.75 Å². The Balaban J connectivity index is 1.87. The van der Waals surface area contributed by atoms with Crippen LogP contribution in [0.3, 0.4) is 0 Å². The van der Waals surface area contributed by atoms with Gasteiger partial charge >= 0.3 is 0 Å². The second kappa shape index (κ2) is 7.26. The van der Waals surface area contributed by atoms with E-state index in [2.05, 4.69) is 5.32 Å². The van der Waals surface area contributed by atoms with Crippen molar-refractivity contribution in [3.8, 4) is 5.75 Å². The van der Waals surface area contributed by atoms with Crippen LogP contribution in [-0.4, -0.2) is 37.9 Å². The first kappa shape index (κ1) is 14.8. The van der Waals surface area contributed by atoms with Gasteiger partial charge in [-0.05, 0) is 42.5 Å². The zero-order chi connectivity index (χ0) is 14.4. The van der Waals surface area contributed by atoms with E-state index in [0.717, 1.165) is 24.8 Å². The van der Waals surface area contributed by atoms with Crippen molar-refractivity contribution in [3.05, 3.63) is 29.3 Å². The second-order valence-corrected chi connectivity index (χ2v) is 4.90. The van der Waals surface area contributed by atoms with E-state index in [1.807, 2.05) is 18.2 Å². The van der Waals surface area contributed by atoms with Crippen molar-refractivity contribution in [2.75, 3.05) is 26.9 Å². The molecule has 5 heteroatoms. The number of aliphatic hydroxyl groups is 1. The summed E-state index contributed by atoms with van der Waals surface area (Å²) in [7, 11) is 1.58. The van der Waals surface area contributed by atoms with Crippen LogP contribution < -0.4 is 10.1 Å². The van der Waals surface area contributed by atoms with Gasteiger partial charge in [0.25, 0.3) is 5.91 Å². The SMILES string of the molecule is COCCNC(=O)COc1ccc2c(c1)C(O)CCC2. The van der Waals surface area contributed by atoms with Crippen LogP contribution in [0.2, 0.25) is 0 Å². The summed E-state index contributed by atoms with van der Waals surface area (Å²) in [6, 6.07) is 5.65. The minimum atomic E-state index is -0.419. The molecule has 5 nitrogen and oxygen atoms in total. The number of methoxy groups -OCH3 is 1. The third-order valence-corrected chi connectivity index (χ3v) is 3.40. The molecule has 0 aromatic heterocycles. The van der Waals surface area contributed by atoms with Gasteiger partial charge in [0, 0.05) is 13.7 Å². The molecular formula is C15H21NO4. The first-order valence-electron chi connectivity index (χ1n) is 6.90. The molecule has 0 saturated heterocycles. The lowest BCUT2D eigenvalue weighted by molar-refractivity contribution is -0.123. The number of amides is 1. The van der Waals surface area contributed by atoms with Crippen molar-refractivity contribution < 1.29 is 19.4 Å². The molecule has 2 N–H and O–H groups in total. The molecule has 110 valence electrons. The number of nitrogens with one attached hydrogen (secondary N) is 1. The number of hydrogen-bond acceptors (Lipinski definition) is 4. The molecule has 1 aliphatic rings. The van der Waals surface area contributed by atoms with Gasteiger partial charge < -0.3 is 19.9 Å². The molecule has 0 spiro atoms. The number of aryl methyl sites for hydroxylation is 1. The topological polar surface area (TPSA) is 67.8 Å². The lowest BCUT2D eigenvalue weighted by atomic mass is 9.89. The summed E-state index contributed by atoms with van der Waals surface area (Å²) in [5, 5.41) is 12.6. The Bertz CT molecular complexity index is 461. The van der Waals surface area contributed by atoms with Crippen LogP contribution in [0.1, 0.15) is 30.1 Å². The van der Waals surface area contributed by atoms with E-state index in [1.54, 1.807) is 7.11 Å². The van der Waals surface area contributed by atoms with E-state index in [4.69, 9.17) is 9.47 Å². The molecule has 0 heterocycles. The molecule has 1 aromatic rings. The highest BCUT2D eigenvalue weighted by Gasteiger charge is 2.18. The maximum Gasteiger partial charge on any atom is 0.258 e. The number of carbonyl (C=O) groups is 1. The first-order valence-corrected chi connectivity index (χ1v) is 6.90. The van der Waals surface area contributed by atoms with Gasteiger partial charge in [-0.1, -0.05) is 6.07 Å². The number of carbonyl (C=O) groups excluding carboxylic acids is 1. The minimum Gasteiger partial charge on any atom is -0.484 e. The number of aliphatic hydroxyl groups excluding tert-OH is 1. The van der Waals surface area contributed by atoms with Crippen LogP contribution in [-0.2, 0) is 16.0 Å². The number of benzene rings is 1. The Morgan fingerprint density at radius 3 is 3.15 bits per heavy atom. The molecule has 0 aliphatic heterocycles. The highest BCUT2D eigenvalue weighted by atomic mass is 16.5. The summed E-state index contributed by atoms with van der Waals surface area (Å²) < 4.78 is 10.3.